The number of nitrogens with zero attached hydrogens (tertiary/aromatic N) is 1. The van der Waals surface area contributed by atoms with Crippen molar-refractivity contribution in [1.82, 2.24) is 0 Å². The molecule has 3 aromatic carbocycles. The number of hydrogen-bond donors (Lipinski definition) is 0. The lowest BCUT2D eigenvalue weighted by molar-refractivity contribution is -0.119. The molecule has 0 unspecified atom stereocenters. The zero-order chi connectivity index (χ0) is 22.6. The molecule has 0 aromatic heterocycles. The predicted molar refractivity (Wildman–Crippen MR) is 121 cm³/mol. The highest BCUT2D eigenvalue weighted by molar-refractivity contribution is 7.93. The minimum absolute atomic E-state index is 0.0249. The summed E-state index contributed by atoms with van der Waals surface area (Å²) >= 11 is 12.0. The molecule has 6 nitrogen and oxygen atoms in total. The van der Waals surface area contributed by atoms with Crippen LogP contribution < -0.4 is 13.8 Å². The molecule has 0 N–H and O–H groups in total. The SMILES string of the molecule is COc1ccc(N(C(=O)COc2cc(Cl)ccc2Cl)S(=O)(=O)c2ccc(C)cc2)cc1. The molecule has 1 amide bonds. The van der Waals surface area contributed by atoms with Crippen molar-refractivity contribution in [1.29, 1.82) is 0 Å². The number of rotatable bonds is 7. The van der Waals surface area contributed by atoms with Crippen molar-refractivity contribution < 1.29 is 22.7 Å². The highest BCUT2D eigenvalue weighted by Gasteiger charge is 2.31. The molecule has 0 spiro atoms. The molecule has 0 fully saturated rings. The zero-order valence-electron chi connectivity index (χ0n) is 16.7. The van der Waals surface area contributed by atoms with Crippen LogP contribution in [0, 0.1) is 6.92 Å². The standard InChI is InChI=1S/C22H19Cl2NO5S/c1-15-3-10-19(11-4-15)31(27,28)25(17-6-8-18(29-2)9-7-17)22(26)14-30-21-13-16(23)5-12-20(21)24/h3-13H,14H2,1-2H3. The minimum atomic E-state index is -4.21. The zero-order valence-corrected chi connectivity index (χ0v) is 19.0. The minimum Gasteiger partial charge on any atom is -0.497 e. The van der Waals surface area contributed by atoms with Crippen LogP contribution in [0.3, 0.4) is 0 Å². The molecule has 0 aliphatic heterocycles. The van der Waals surface area contributed by atoms with Crippen LogP contribution in [0.5, 0.6) is 11.5 Å². The third kappa shape index (κ3) is 5.31. The Hall–Kier alpha value is -2.74. The summed E-state index contributed by atoms with van der Waals surface area (Å²) in [4.78, 5) is 13.0. The first-order valence-electron chi connectivity index (χ1n) is 9.09. The van der Waals surface area contributed by atoms with Gasteiger partial charge >= 0.3 is 0 Å². The third-order valence-corrected chi connectivity index (χ3v) is 6.65. The molecular formula is C22H19Cl2NO5S. The van der Waals surface area contributed by atoms with Crippen LogP contribution in [0.25, 0.3) is 0 Å². The molecule has 0 atom stereocenters. The highest BCUT2D eigenvalue weighted by atomic mass is 35.5. The maximum absolute atomic E-state index is 13.3. The lowest BCUT2D eigenvalue weighted by Gasteiger charge is -2.23. The van der Waals surface area contributed by atoms with Crippen LogP contribution in [0.1, 0.15) is 5.56 Å². The van der Waals surface area contributed by atoms with Crippen LogP contribution in [-0.4, -0.2) is 28.0 Å². The van der Waals surface area contributed by atoms with Crippen molar-refractivity contribution in [3.8, 4) is 11.5 Å². The van der Waals surface area contributed by atoms with E-state index in [1.807, 2.05) is 6.92 Å². The van der Waals surface area contributed by atoms with Crippen LogP contribution >= 0.6 is 23.2 Å². The van der Waals surface area contributed by atoms with Gasteiger partial charge in [-0.3, -0.25) is 4.79 Å². The summed E-state index contributed by atoms with van der Waals surface area (Å²) < 4.78 is 38.0. The van der Waals surface area contributed by atoms with Gasteiger partial charge in [-0.25, -0.2) is 8.42 Å². The van der Waals surface area contributed by atoms with E-state index in [0.29, 0.717) is 15.1 Å². The number of methoxy groups -OCH3 is 1. The number of amides is 1. The number of anilines is 1. The van der Waals surface area contributed by atoms with Gasteiger partial charge in [0.15, 0.2) is 6.61 Å². The molecular weight excluding hydrogens is 461 g/mol. The molecule has 0 saturated heterocycles. The molecule has 3 aromatic rings. The van der Waals surface area contributed by atoms with E-state index in [1.165, 1.54) is 43.5 Å². The number of ether oxygens (including phenoxy) is 2. The van der Waals surface area contributed by atoms with Crippen molar-refractivity contribution in [2.45, 2.75) is 11.8 Å². The van der Waals surface area contributed by atoms with E-state index in [0.717, 1.165) is 5.56 Å². The summed E-state index contributed by atoms with van der Waals surface area (Å²) in [5, 5.41) is 0.612. The maximum atomic E-state index is 13.3. The van der Waals surface area contributed by atoms with Crippen LogP contribution in [0.2, 0.25) is 10.0 Å². The van der Waals surface area contributed by atoms with Gasteiger partial charge in [0.25, 0.3) is 15.9 Å². The molecule has 0 heterocycles. The van der Waals surface area contributed by atoms with E-state index in [-0.39, 0.29) is 21.4 Å². The topological polar surface area (TPSA) is 72.9 Å². The number of hydrogen-bond acceptors (Lipinski definition) is 5. The Labute approximate surface area is 191 Å². The molecule has 3 rings (SSSR count). The van der Waals surface area contributed by atoms with Crippen molar-refractivity contribution in [2.75, 3.05) is 18.0 Å². The fraction of sp³-hybridized carbons (Fsp3) is 0.136. The second kappa shape index (κ2) is 9.60. The Balaban J connectivity index is 1.97. The molecule has 0 bridgehead atoms. The average molecular weight is 480 g/mol. The van der Waals surface area contributed by atoms with Gasteiger partial charge in [0.1, 0.15) is 11.5 Å². The van der Waals surface area contributed by atoms with Gasteiger partial charge in [-0.05, 0) is 55.5 Å². The van der Waals surface area contributed by atoms with Gasteiger partial charge in [0.2, 0.25) is 0 Å². The van der Waals surface area contributed by atoms with E-state index >= 15 is 0 Å². The second-order valence-corrected chi connectivity index (χ2v) is 9.17. The van der Waals surface area contributed by atoms with Gasteiger partial charge in [-0.15, -0.1) is 0 Å². The fourth-order valence-corrected chi connectivity index (χ4v) is 4.48. The van der Waals surface area contributed by atoms with E-state index in [1.54, 1.807) is 30.3 Å². The molecule has 0 aliphatic rings. The molecule has 162 valence electrons. The summed E-state index contributed by atoms with van der Waals surface area (Å²) in [5.41, 5.74) is 1.03. The van der Waals surface area contributed by atoms with Gasteiger partial charge in [0, 0.05) is 11.1 Å². The van der Waals surface area contributed by atoms with Gasteiger partial charge in [-0.1, -0.05) is 40.9 Å². The van der Waals surface area contributed by atoms with E-state index in [9.17, 15) is 13.2 Å². The van der Waals surface area contributed by atoms with Crippen LogP contribution in [0.15, 0.2) is 71.6 Å². The number of carbonyl (C=O) groups is 1. The summed E-state index contributed by atoms with van der Waals surface area (Å²) in [5.74, 6) is -0.113. The molecule has 0 radical (unpaired) electrons. The number of aryl methyl sites for hydroxylation is 1. The van der Waals surface area contributed by atoms with Gasteiger partial charge in [-0.2, -0.15) is 4.31 Å². The summed E-state index contributed by atoms with van der Waals surface area (Å²) in [6.07, 6.45) is 0. The summed E-state index contributed by atoms with van der Waals surface area (Å²) in [6.45, 7) is 1.27. The second-order valence-electron chi connectivity index (χ2n) is 6.54. The number of carbonyl (C=O) groups excluding carboxylic acids is 1. The molecule has 9 heteroatoms. The van der Waals surface area contributed by atoms with Crippen molar-refractivity contribution in [3.63, 3.8) is 0 Å². The van der Waals surface area contributed by atoms with Crippen molar-refractivity contribution >= 4 is 44.8 Å². The van der Waals surface area contributed by atoms with Crippen molar-refractivity contribution in [3.05, 3.63) is 82.3 Å². The first-order chi connectivity index (χ1) is 14.7. The van der Waals surface area contributed by atoms with E-state index in [4.69, 9.17) is 32.7 Å². The summed E-state index contributed by atoms with van der Waals surface area (Å²) in [7, 11) is -2.72. The Morgan fingerprint density at radius 1 is 0.968 bits per heavy atom. The van der Waals surface area contributed by atoms with Gasteiger partial charge < -0.3 is 9.47 Å². The normalized spacial score (nSPS) is 11.1. The number of benzene rings is 3. The maximum Gasteiger partial charge on any atom is 0.278 e. The fourth-order valence-electron chi connectivity index (χ4n) is 2.74. The number of sulfonamides is 1. The Kier molecular flexibility index (Phi) is 7.10. The highest BCUT2D eigenvalue weighted by Crippen LogP contribution is 2.29. The summed E-state index contributed by atoms with van der Waals surface area (Å²) in [6, 6.07) is 16.8. The Morgan fingerprint density at radius 3 is 2.23 bits per heavy atom. The Morgan fingerprint density at radius 2 is 1.61 bits per heavy atom. The molecule has 31 heavy (non-hydrogen) atoms. The first-order valence-corrected chi connectivity index (χ1v) is 11.3. The van der Waals surface area contributed by atoms with Crippen LogP contribution in [0.4, 0.5) is 5.69 Å². The van der Waals surface area contributed by atoms with E-state index in [2.05, 4.69) is 0 Å². The van der Waals surface area contributed by atoms with Gasteiger partial charge in [0.05, 0.1) is 22.7 Å². The largest absolute Gasteiger partial charge is 0.497 e. The quantitative estimate of drug-likeness (QED) is 0.470. The lowest BCUT2D eigenvalue weighted by atomic mass is 10.2. The van der Waals surface area contributed by atoms with Crippen molar-refractivity contribution in [2.24, 2.45) is 0 Å². The smallest absolute Gasteiger partial charge is 0.278 e. The monoisotopic (exact) mass is 479 g/mol. The predicted octanol–water partition coefficient (Wildman–Crippen LogP) is 5.11. The van der Waals surface area contributed by atoms with Crippen LogP contribution in [-0.2, 0) is 14.8 Å². The van der Waals surface area contributed by atoms with E-state index < -0.39 is 22.5 Å². The number of halogens is 2. The first kappa shape index (κ1) is 22.9. The molecule has 0 aliphatic carbocycles. The Bertz CT molecular complexity index is 1180. The molecule has 0 saturated carbocycles. The lowest BCUT2D eigenvalue weighted by Crippen LogP contribution is -2.40. The third-order valence-electron chi connectivity index (χ3n) is 4.34. The average Bonchev–Trinajstić information content (AvgIpc) is 2.75.